The van der Waals surface area contributed by atoms with Gasteiger partial charge in [-0.2, -0.15) is 0 Å². The minimum absolute atomic E-state index is 0.717. The van der Waals surface area contributed by atoms with Gasteiger partial charge in [0.1, 0.15) is 0 Å². The van der Waals surface area contributed by atoms with Crippen molar-refractivity contribution in [1.29, 1.82) is 0 Å². The molecule has 0 bridgehead atoms. The van der Waals surface area contributed by atoms with Crippen LogP contribution in [0.1, 0.15) is 30.4 Å². The van der Waals surface area contributed by atoms with Gasteiger partial charge in [-0.25, -0.2) is 0 Å². The molecule has 1 aliphatic carbocycles. The highest BCUT2D eigenvalue weighted by atomic mass is 79.9. The quantitative estimate of drug-likeness (QED) is 0.750. The van der Waals surface area contributed by atoms with Gasteiger partial charge in [-0.1, -0.05) is 22.4 Å². The standard InChI is InChI=1S/C14H18BrN/c1-10-6-12(7-11(2)13(10)15)16-8-14(9-16)4-3-5-14/h6-7H,3-5,8-9H2,1-2H3. The molecule has 2 heteroatoms. The summed E-state index contributed by atoms with van der Waals surface area (Å²) >= 11 is 3.63. The van der Waals surface area contributed by atoms with Crippen molar-refractivity contribution in [3.63, 3.8) is 0 Å². The highest BCUT2D eigenvalue weighted by Crippen LogP contribution is 2.49. The van der Waals surface area contributed by atoms with E-state index >= 15 is 0 Å². The molecule has 1 aromatic rings. The summed E-state index contributed by atoms with van der Waals surface area (Å²) in [5.41, 5.74) is 4.83. The summed E-state index contributed by atoms with van der Waals surface area (Å²) in [5.74, 6) is 0. The van der Waals surface area contributed by atoms with Gasteiger partial charge in [-0.3, -0.25) is 0 Å². The highest BCUT2D eigenvalue weighted by Gasteiger charge is 2.47. The van der Waals surface area contributed by atoms with Crippen molar-refractivity contribution in [2.24, 2.45) is 5.41 Å². The van der Waals surface area contributed by atoms with E-state index in [4.69, 9.17) is 0 Å². The second-order valence-electron chi connectivity index (χ2n) is 5.60. The van der Waals surface area contributed by atoms with Gasteiger partial charge in [-0.15, -0.1) is 0 Å². The molecule has 0 N–H and O–H groups in total. The number of benzene rings is 1. The zero-order valence-electron chi connectivity index (χ0n) is 10.0. The van der Waals surface area contributed by atoms with Gasteiger partial charge in [0, 0.05) is 28.7 Å². The molecule has 0 unspecified atom stereocenters. The van der Waals surface area contributed by atoms with Crippen LogP contribution in [0.15, 0.2) is 16.6 Å². The summed E-state index contributed by atoms with van der Waals surface area (Å²) in [5, 5.41) is 0. The summed E-state index contributed by atoms with van der Waals surface area (Å²) in [6.07, 6.45) is 4.36. The third-order valence-corrected chi connectivity index (χ3v) is 5.50. The van der Waals surface area contributed by atoms with Gasteiger partial charge in [0.05, 0.1) is 0 Å². The van der Waals surface area contributed by atoms with Crippen LogP contribution in [0.5, 0.6) is 0 Å². The van der Waals surface area contributed by atoms with Crippen LogP contribution < -0.4 is 4.90 Å². The maximum Gasteiger partial charge on any atom is 0.0372 e. The van der Waals surface area contributed by atoms with E-state index in [1.165, 1.54) is 53.6 Å². The molecule has 2 fully saturated rings. The first kappa shape index (κ1) is 10.6. The number of hydrogen-bond donors (Lipinski definition) is 0. The number of hydrogen-bond acceptors (Lipinski definition) is 1. The van der Waals surface area contributed by atoms with E-state index in [-0.39, 0.29) is 0 Å². The Balaban J connectivity index is 1.81. The maximum atomic E-state index is 3.63. The Labute approximate surface area is 106 Å². The summed E-state index contributed by atoms with van der Waals surface area (Å²) < 4.78 is 1.26. The average molecular weight is 280 g/mol. The molecule has 1 saturated heterocycles. The number of aryl methyl sites for hydroxylation is 2. The molecule has 1 aromatic carbocycles. The fourth-order valence-electron chi connectivity index (χ4n) is 3.04. The Morgan fingerprint density at radius 2 is 1.69 bits per heavy atom. The molecule has 16 heavy (non-hydrogen) atoms. The minimum atomic E-state index is 0.717. The van der Waals surface area contributed by atoms with Crippen LogP contribution in [0.2, 0.25) is 0 Å². The third-order valence-electron chi connectivity index (χ3n) is 4.25. The topological polar surface area (TPSA) is 3.24 Å². The lowest BCUT2D eigenvalue weighted by molar-refractivity contribution is 0.0904. The number of anilines is 1. The fourth-order valence-corrected chi connectivity index (χ4v) is 3.27. The maximum absolute atomic E-state index is 3.63. The summed E-state index contributed by atoms with van der Waals surface area (Å²) in [7, 11) is 0. The van der Waals surface area contributed by atoms with Crippen molar-refractivity contribution in [2.45, 2.75) is 33.1 Å². The van der Waals surface area contributed by atoms with Crippen LogP contribution in [-0.2, 0) is 0 Å². The predicted molar refractivity (Wildman–Crippen MR) is 72.1 cm³/mol. The molecular formula is C14H18BrN. The van der Waals surface area contributed by atoms with E-state index in [2.05, 4.69) is 46.8 Å². The Kier molecular flexibility index (Phi) is 2.32. The summed E-state index contributed by atoms with van der Waals surface area (Å²) in [6, 6.07) is 4.62. The highest BCUT2D eigenvalue weighted by molar-refractivity contribution is 9.10. The zero-order valence-corrected chi connectivity index (χ0v) is 11.6. The molecule has 2 aliphatic rings. The lowest BCUT2D eigenvalue weighted by Gasteiger charge is -2.57. The first-order valence-corrected chi connectivity index (χ1v) is 6.91. The molecule has 0 amide bonds. The van der Waals surface area contributed by atoms with E-state index in [0.29, 0.717) is 0 Å². The largest absolute Gasteiger partial charge is 0.370 e. The fraction of sp³-hybridized carbons (Fsp3) is 0.571. The van der Waals surface area contributed by atoms with Gasteiger partial charge in [-0.05, 0) is 49.9 Å². The van der Waals surface area contributed by atoms with Crippen molar-refractivity contribution in [3.8, 4) is 0 Å². The lowest BCUT2D eigenvalue weighted by atomic mass is 9.63. The van der Waals surface area contributed by atoms with E-state index in [9.17, 15) is 0 Å². The van der Waals surface area contributed by atoms with Gasteiger partial charge in [0.2, 0.25) is 0 Å². The summed E-state index contributed by atoms with van der Waals surface area (Å²) in [4.78, 5) is 2.53. The molecule has 86 valence electrons. The SMILES string of the molecule is Cc1cc(N2CC3(CCC3)C2)cc(C)c1Br. The molecule has 1 nitrogen and oxygen atoms in total. The van der Waals surface area contributed by atoms with Gasteiger partial charge in [0.25, 0.3) is 0 Å². The Morgan fingerprint density at radius 3 is 2.12 bits per heavy atom. The molecule has 0 aromatic heterocycles. The van der Waals surface area contributed by atoms with Gasteiger partial charge < -0.3 is 4.90 Å². The monoisotopic (exact) mass is 279 g/mol. The van der Waals surface area contributed by atoms with E-state index in [0.717, 1.165) is 5.41 Å². The summed E-state index contributed by atoms with van der Waals surface area (Å²) in [6.45, 7) is 6.93. The molecular weight excluding hydrogens is 262 g/mol. The van der Waals surface area contributed by atoms with Crippen LogP contribution in [-0.4, -0.2) is 13.1 Å². The molecule has 1 saturated carbocycles. The van der Waals surface area contributed by atoms with Crippen LogP contribution in [0.3, 0.4) is 0 Å². The van der Waals surface area contributed by atoms with Crippen molar-refractivity contribution in [3.05, 3.63) is 27.7 Å². The van der Waals surface area contributed by atoms with Crippen molar-refractivity contribution < 1.29 is 0 Å². The van der Waals surface area contributed by atoms with Gasteiger partial charge >= 0.3 is 0 Å². The Morgan fingerprint density at radius 1 is 1.12 bits per heavy atom. The normalized spacial score (nSPS) is 21.8. The molecule has 0 atom stereocenters. The molecule has 1 spiro atoms. The number of rotatable bonds is 1. The molecule has 3 rings (SSSR count). The molecule has 0 radical (unpaired) electrons. The van der Waals surface area contributed by atoms with Crippen LogP contribution in [0.25, 0.3) is 0 Å². The van der Waals surface area contributed by atoms with Crippen LogP contribution >= 0.6 is 15.9 Å². The van der Waals surface area contributed by atoms with E-state index in [1.807, 2.05) is 0 Å². The van der Waals surface area contributed by atoms with Gasteiger partial charge in [0.15, 0.2) is 0 Å². The zero-order chi connectivity index (χ0) is 11.3. The third kappa shape index (κ3) is 1.50. The molecule has 1 aliphatic heterocycles. The van der Waals surface area contributed by atoms with E-state index < -0.39 is 0 Å². The molecule has 1 heterocycles. The van der Waals surface area contributed by atoms with Crippen molar-refractivity contribution in [1.82, 2.24) is 0 Å². The van der Waals surface area contributed by atoms with Crippen molar-refractivity contribution >= 4 is 21.6 Å². The lowest BCUT2D eigenvalue weighted by Crippen LogP contribution is -2.59. The van der Waals surface area contributed by atoms with Crippen molar-refractivity contribution in [2.75, 3.05) is 18.0 Å². The predicted octanol–water partition coefficient (Wildman–Crippen LogP) is 4.06. The number of nitrogens with zero attached hydrogens (tertiary/aromatic N) is 1. The second kappa shape index (κ2) is 3.49. The second-order valence-corrected chi connectivity index (χ2v) is 6.40. The average Bonchev–Trinajstić information content (AvgIpc) is 2.09. The minimum Gasteiger partial charge on any atom is -0.370 e. The van der Waals surface area contributed by atoms with Crippen LogP contribution in [0.4, 0.5) is 5.69 Å². The number of halogens is 1. The first-order chi connectivity index (χ1) is 7.60. The van der Waals surface area contributed by atoms with E-state index in [1.54, 1.807) is 0 Å². The Hall–Kier alpha value is -0.500. The Bertz CT molecular complexity index is 403. The smallest absolute Gasteiger partial charge is 0.0372 e. The first-order valence-electron chi connectivity index (χ1n) is 6.11. The van der Waals surface area contributed by atoms with Crippen LogP contribution in [0, 0.1) is 19.3 Å².